The smallest absolute Gasteiger partial charge is 0.748 e. The third-order valence-corrected chi connectivity index (χ3v) is 2.70. The maximum absolute atomic E-state index is 11.4. The van der Waals surface area contributed by atoms with Crippen molar-refractivity contribution in [3.8, 4) is 5.75 Å². The molecule has 17 heavy (non-hydrogen) atoms. The van der Waals surface area contributed by atoms with Crippen LogP contribution in [0.4, 0.5) is 0 Å². The van der Waals surface area contributed by atoms with E-state index in [0.717, 1.165) is 0 Å². The maximum Gasteiger partial charge on any atom is 1.00 e. The van der Waals surface area contributed by atoms with Crippen molar-refractivity contribution in [3.05, 3.63) is 29.8 Å². The molecule has 1 rings (SSSR count). The van der Waals surface area contributed by atoms with Gasteiger partial charge in [-0.3, -0.25) is 4.79 Å². The van der Waals surface area contributed by atoms with Crippen molar-refractivity contribution < 1.29 is 52.1 Å². The first-order valence-electron chi connectivity index (χ1n) is 4.53. The van der Waals surface area contributed by atoms with E-state index >= 15 is 0 Å². The van der Waals surface area contributed by atoms with Crippen molar-refractivity contribution in [2.24, 2.45) is 0 Å². The Hall–Kier alpha value is -0.400. The molecule has 0 unspecified atom stereocenters. The van der Waals surface area contributed by atoms with E-state index < -0.39 is 15.9 Å². The molecule has 0 aromatic heterocycles. The van der Waals surface area contributed by atoms with Crippen LogP contribution < -0.4 is 34.3 Å². The van der Waals surface area contributed by atoms with Gasteiger partial charge < -0.3 is 9.29 Å². The first-order valence-corrected chi connectivity index (χ1v) is 6.11. The summed E-state index contributed by atoms with van der Waals surface area (Å²) in [5.41, 5.74) is 0.365. The van der Waals surface area contributed by atoms with Gasteiger partial charge in [0, 0.05) is 17.7 Å². The van der Waals surface area contributed by atoms with Gasteiger partial charge in [-0.1, -0.05) is 0 Å². The van der Waals surface area contributed by atoms with Crippen LogP contribution in [-0.2, 0) is 10.1 Å². The number of carbonyl (C=O) groups excluding carboxylic acids is 1. The van der Waals surface area contributed by atoms with Crippen LogP contribution in [0.2, 0.25) is 0 Å². The molecule has 0 amide bonds. The van der Waals surface area contributed by atoms with Crippen molar-refractivity contribution in [1.29, 1.82) is 0 Å². The van der Waals surface area contributed by atoms with Crippen LogP contribution in [0.15, 0.2) is 24.3 Å². The molecule has 88 valence electrons. The second-order valence-corrected chi connectivity index (χ2v) is 4.69. The molecule has 0 saturated carbocycles. The zero-order valence-corrected chi connectivity index (χ0v) is 12.5. The van der Waals surface area contributed by atoms with Gasteiger partial charge in [0.25, 0.3) is 0 Å². The molecular weight excluding hydrogens is 255 g/mol. The number of benzene rings is 1. The SMILES string of the molecule is COc1ccc(C(=O)CCS(=O)(=O)[O-])cc1.[Na+]. The molecule has 0 N–H and O–H groups in total. The van der Waals surface area contributed by atoms with Gasteiger partial charge in [-0.2, -0.15) is 0 Å². The largest absolute Gasteiger partial charge is 1.00 e. The Bertz CT molecular complexity index is 466. The first kappa shape index (κ1) is 16.6. The van der Waals surface area contributed by atoms with E-state index in [-0.39, 0.29) is 41.8 Å². The second kappa shape index (κ2) is 7.13. The normalized spacial score (nSPS) is 10.5. The fourth-order valence-corrected chi connectivity index (χ4v) is 1.57. The molecule has 0 spiro atoms. The number of rotatable bonds is 5. The number of methoxy groups -OCH3 is 1. The Morgan fingerprint density at radius 3 is 2.24 bits per heavy atom. The Labute approximate surface area is 122 Å². The molecule has 0 radical (unpaired) electrons. The molecule has 0 heterocycles. The molecule has 0 atom stereocenters. The second-order valence-electron chi connectivity index (χ2n) is 3.16. The molecule has 0 aliphatic heterocycles. The average Bonchev–Trinajstić information content (AvgIpc) is 2.25. The van der Waals surface area contributed by atoms with Gasteiger partial charge in [-0.05, 0) is 24.3 Å². The van der Waals surface area contributed by atoms with Gasteiger partial charge in [0.2, 0.25) is 0 Å². The minimum atomic E-state index is -4.34. The van der Waals surface area contributed by atoms with Crippen LogP contribution in [-0.4, -0.2) is 31.6 Å². The number of ketones is 1. The van der Waals surface area contributed by atoms with E-state index in [1.807, 2.05) is 0 Å². The fourth-order valence-electron chi connectivity index (χ4n) is 1.14. The number of hydrogen-bond donors (Lipinski definition) is 0. The summed E-state index contributed by atoms with van der Waals surface area (Å²) < 4.78 is 35.9. The van der Waals surface area contributed by atoms with Gasteiger partial charge in [-0.15, -0.1) is 0 Å². The molecule has 0 saturated heterocycles. The quantitative estimate of drug-likeness (QED) is 0.344. The van der Waals surface area contributed by atoms with Gasteiger partial charge in [-0.25, -0.2) is 8.42 Å². The van der Waals surface area contributed by atoms with Crippen LogP contribution in [0.3, 0.4) is 0 Å². The molecule has 5 nitrogen and oxygen atoms in total. The van der Waals surface area contributed by atoms with Crippen molar-refractivity contribution in [2.45, 2.75) is 6.42 Å². The molecular formula is C10H11NaO5S. The van der Waals surface area contributed by atoms with Crippen LogP contribution in [0.5, 0.6) is 5.75 Å². The zero-order valence-electron chi connectivity index (χ0n) is 9.67. The number of Topliss-reactive ketones (excluding diaryl/α,β-unsaturated/α-hetero) is 1. The van der Waals surface area contributed by atoms with E-state index in [1.54, 1.807) is 12.1 Å². The van der Waals surface area contributed by atoms with E-state index in [9.17, 15) is 17.8 Å². The van der Waals surface area contributed by atoms with Crippen molar-refractivity contribution >= 4 is 15.9 Å². The number of carbonyl (C=O) groups is 1. The summed E-state index contributed by atoms with van der Waals surface area (Å²) in [7, 11) is -2.83. The monoisotopic (exact) mass is 266 g/mol. The molecule has 0 bridgehead atoms. The van der Waals surface area contributed by atoms with Gasteiger partial charge in [0.15, 0.2) is 5.78 Å². The molecule has 0 aliphatic rings. The van der Waals surface area contributed by atoms with Crippen LogP contribution in [0, 0.1) is 0 Å². The van der Waals surface area contributed by atoms with Crippen molar-refractivity contribution in [2.75, 3.05) is 12.9 Å². The van der Waals surface area contributed by atoms with Crippen molar-refractivity contribution in [1.82, 2.24) is 0 Å². The van der Waals surface area contributed by atoms with Crippen LogP contribution >= 0.6 is 0 Å². The molecule has 1 aromatic carbocycles. The Morgan fingerprint density at radius 2 is 1.82 bits per heavy atom. The minimum Gasteiger partial charge on any atom is -0.748 e. The Balaban J connectivity index is 0.00000256. The summed E-state index contributed by atoms with van der Waals surface area (Å²) in [5.74, 6) is -0.437. The fraction of sp³-hybridized carbons (Fsp3) is 0.300. The summed E-state index contributed by atoms with van der Waals surface area (Å²) >= 11 is 0. The van der Waals surface area contributed by atoms with E-state index in [1.165, 1.54) is 19.2 Å². The first-order chi connectivity index (χ1) is 7.42. The van der Waals surface area contributed by atoms with Gasteiger partial charge in [0.1, 0.15) is 5.75 Å². The molecule has 7 heteroatoms. The molecule has 0 aliphatic carbocycles. The maximum atomic E-state index is 11.4. The van der Waals surface area contributed by atoms with Crippen molar-refractivity contribution in [3.63, 3.8) is 0 Å². The third kappa shape index (κ3) is 6.18. The predicted molar refractivity (Wildman–Crippen MR) is 56.5 cm³/mol. The molecule has 1 aromatic rings. The van der Waals surface area contributed by atoms with Gasteiger partial charge >= 0.3 is 29.6 Å². The predicted octanol–water partition coefficient (Wildman–Crippen LogP) is -2.18. The van der Waals surface area contributed by atoms with Crippen LogP contribution in [0.25, 0.3) is 0 Å². The summed E-state index contributed by atoms with van der Waals surface area (Å²) in [6.07, 6.45) is -0.293. The summed E-state index contributed by atoms with van der Waals surface area (Å²) in [6.45, 7) is 0. The average molecular weight is 266 g/mol. The van der Waals surface area contributed by atoms with E-state index in [2.05, 4.69) is 0 Å². The van der Waals surface area contributed by atoms with Crippen LogP contribution in [0.1, 0.15) is 16.8 Å². The Kier molecular flexibility index (Phi) is 6.96. The zero-order chi connectivity index (χ0) is 12.2. The number of ether oxygens (including phenoxy) is 1. The summed E-state index contributed by atoms with van der Waals surface area (Å²) in [6, 6.07) is 6.25. The van der Waals surface area contributed by atoms with E-state index in [0.29, 0.717) is 11.3 Å². The van der Waals surface area contributed by atoms with E-state index in [4.69, 9.17) is 4.74 Å². The molecule has 0 fully saturated rings. The standard InChI is InChI=1S/C10H12O5S.Na/c1-15-9-4-2-8(3-5-9)10(11)6-7-16(12,13)14;/h2-5H,6-7H2,1H3,(H,12,13,14);/q;+1/p-1. The summed E-state index contributed by atoms with van der Waals surface area (Å²) in [4.78, 5) is 11.4. The summed E-state index contributed by atoms with van der Waals surface area (Å²) in [5, 5.41) is 0. The number of hydrogen-bond acceptors (Lipinski definition) is 5. The topological polar surface area (TPSA) is 83.5 Å². The third-order valence-electron chi connectivity index (χ3n) is 1.99. The minimum absolute atomic E-state index is 0. The van der Waals surface area contributed by atoms with Gasteiger partial charge in [0.05, 0.1) is 17.2 Å². The Morgan fingerprint density at radius 1 is 1.29 bits per heavy atom.